The second-order valence-electron chi connectivity index (χ2n) is 4.85. The molecule has 1 unspecified atom stereocenters. The van der Waals surface area contributed by atoms with Crippen LogP contribution in [0, 0.1) is 5.92 Å². The summed E-state index contributed by atoms with van der Waals surface area (Å²) in [5.74, 6) is -0.958. The summed E-state index contributed by atoms with van der Waals surface area (Å²) in [6.45, 7) is 5.44. The molecule has 9 nitrogen and oxygen atoms in total. The zero-order valence-corrected chi connectivity index (χ0v) is 14.1. The van der Waals surface area contributed by atoms with Crippen LogP contribution in [0.4, 0.5) is 0 Å². The van der Waals surface area contributed by atoms with Crippen molar-refractivity contribution in [2.75, 3.05) is 26.9 Å². The first kappa shape index (κ1) is 18.3. The maximum absolute atomic E-state index is 12.2. The van der Waals surface area contributed by atoms with Crippen molar-refractivity contribution < 1.29 is 18.7 Å². The lowest BCUT2D eigenvalue weighted by Gasteiger charge is -2.11. The van der Waals surface area contributed by atoms with E-state index in [9.17, 15) is 14.2 Å². The Labute approximate surface area is 129 Å². The van der Waals surface area contributed by atoms with Crippen LogP contribution in [0.1, 0.15) is 13.8 Å². The molecule has 2 amide bonds. The largest absolute Gasteiger partial charge is 0.358 e. The van der Waals surface area contributed by atoms with Gasteiger partial charge in [-0.05, 0) is 6.92 Å². The zero-order chi connectivity index (χ0) is 16.8. The number of likely N-dealkylation sites (N-methyl/N-ethyl adjacent to an activating group) is 1. The van der Waals surface area contributed by atoms with Gasteiger partial charge in [-0.15, -0.1) is 5.10 Å². The number of carbonyl (C=O) groups excluding carboxylic acids is 2. The van der Waals surface area contributed by atoms with Crippen LogP contribution in [0.3, 0.4) is 0 Å². The summed E-state index contributed by atoms with van der Waals surface area (Å²) in [5, 5.41) is 12.6. The Morgan fingerprint density at radius 3 is 2.77 bits per heavy atom. The summed E-state index contributed by atoms with van der Waals surface area (Å²) in [4.78, 5) is 22.9. The second kappa shape index (κ2) is 8.05. The fraction of sp³-hybridized carbons (Fsp3) is 0.667. The Morgan fingerprint density at radius 2 is 2.18 bits per heavy atom. The van der Waals surface area contributed by atoms with Crippen molar-refractivity contribution in [3.8, 4) is 0 Å². The molecule has 0 aliphatic heterocycles. The predicted molar refractivity (Wildman–Crippen MR) is 81.1 cm³/mol. The Balaban J connectivity index is 2.60. The molecular weight excluding hydrogens is 309 g/mol. The number of nitrogens with zero attached hydrogens (tertiary/aromatic N) is 3. The molecular formula is C12H22N5O4P. The molecule has 1 aromatic rings. The molecule has 1 rings (SSSR count). The molecule has 1 aromatic heterocycles. The Morgan fingerprint density at radius 1 is 1.50 bits per heavy atom. The monoisotopic (exact) mass is 331 g/mol. The van der Waals surface area contributed by atoms with E-state index in [2.05, 4.69) is 20.9 Å². The van der Waals surface area contributed by atoms with Crippen LogP contribution < -0.4 is 16.1 Å². The Kier molecular flexibility index (Phi) is 6.70. The third-order valence-corrected chi connectivity index (χ3v) is 4.72. The Hall–Kier alpha value is -1.73. The number of amides is 2. The molecule has 1 heterocycles. The van der Waals surface area contributed by atoms with Gasteiger partial charge in [0.15, 0.2) is 5.44 Å². The van der Waals surface area contributed by atoms with E-state index in [1.807, 2.05) is 0 Å². The average Bonchev–Trinajstić information content (AvgIpc) is 2.93. The van der Waals surface area contributed by atoms with Gasteiger partial charge in [-0.25, -0.2) is 0 Å². The van der Waals surface area contributed by atoms with E-state index in [1.54, 1.807) is 13.8 Å². The normalized spacial score (nSPS) is 14.9. The van der Waals surface area contributed by atoms with Gasteiger partial charge in [-0.1, -0.05) is 12.1 Å². The maximum atomic E-state index is 12.2. The first-order valence-corrected chi connectivity index (χ1v) is 8.98. The fourth-order valence-electron chi connectivity index (χ4n) is 1.67. The quantitative estimate of drug-likeness (QED) is 0.612. The topological polar surface area (TPSA) is 115 Å². The van der Waals surface area contributed by atoms with Gasteiger partial charge in [0.2, 0.25) is 19.2 Å². The molecule has 0 bridgehead atoms. The Bertz CT molecular complexity index is 574. The van der Waals surface area contributed by atoms with Crippen molar-refractivity contribution in [3.05, 3.63) is 6.20 Å². The van der Waals surface area contributed by atoms with Gasteiger partial charge in [0.05, 0.1) is 31.8 Å². The van der Waals surface area contributed by atoms with Gasteiger partial charge in [-0.2, -0.15) is 0 Å². The number of nitrogens with one attached hydrogen (secondary N) is 2. The summed E-state index contributed by atoms with van der Waals surface area (Å²) in [5.41, 5.74) is 0.271. The summed E-state index contributed by atoms with van der Waals surface area (Å²) in [6.07, 6.45) is 1.51. The predicted octanol–water partition coefficient (Wildman–Crippen LogP) is -0.654. The number of carbonyl (C=O) groups is 2. The van der Waals surface area contributed by atoms with Gasteiger partial charge < -0.3 is 15.2 Å². The lowest BCUT2D eigenvalue weighted by atomic mass is 10.1. The maximum Gasteiger partial charge on any atom is 0.250 e. The number of hydrogen-bond donors (Lipinski definition) is 2. The number of hydrogen-bond acceptors (Lipinski definition) is 6. The van der Waals surface area contributed by atoms with Gasteiger partial charge >= 0.3 is 0 Å². The van der Waals surface area contributed by atoms with Crippen molar-refractivity contribution in [1.29, 1.82) is 0 Å². The molecule has 2 N–H and O–H groups in total. The standard InChI is InChI=1S/C12H22N5O4P/c1-5-21-22(4,20)11-8-17(16-15-11)7-9(2)12(19)14-6-10(18)13-3/h8-9H,5-7H2,1-4H3,(H,13,18)(H,14,19)/t9-,22?/m0/s1. The van der Waals surface area contributed by atoms with Crippen LogP contribution in [-0.4, -0.2) is 53.7 Å². The molecule has 0 aromatic carbocycles. The molecule has 0 saturated heterocycles. The molecule has 124 valence electrons. The summed E-state index contributed by atoms with van der Waals surface area (Å²) in [7, 11) is -1.47. The van der Waals surface area contributed by atoms with Crippen molar-refractivity contribution in [3.63, 3.8) is 0 Å². The molecule has 0 saturated carbocycles. The minimum atomic E-state index is -2.97. The van der Waals surface area contributed by atoms with Gasteiger partial charge in [-0.3, -0.25) is 18.8 Å². The molecule has 0 aliphatic carbocycles. The van der Waals surface area contributed by atoms with Gasteiger partial charge in [0.1, 0.15) is 0 Å². The van der Waals surface area contributed by atoms with Crippen molar-refractivity contribution >= 4 is 24.6 Å². The molecule has 0 aliphatic rings. The van der Waals surface area contributed by atoms with Crippen molar-refractivity contribution in [2.24, 2.45) is 5.92 Å². The fourth-order valence-corrected chi connectivity index (χ4v) is 2.84. The highest BCUT2D eigenvalue weighted by atomic mass is 31.2. The minimum Gasteiger partial charge on any atom is -0.358 e. The molecule has 22 heavy (non-hydrogen) atoms. The summed E-state index contributed by atoms with van der Waals surface area (Å²) in [6, 6.07) is 0. The van der Waals surface area contributed by atoms with E-state index in [0.717, 1.165) is 0 Å². The molecule has 2 atom stereocenters. The number of rotatable bonds is 8. The lowest BCUT2D eigenvalue weighted by molar-refractivity contribution is -0.128. The van der Waals surface area contributed by atoms with E-state index in [0.29, 0.717) is 6.61 Å². The third kappa shape index (κ3) is 5.23. The highest BCUT2D eigenvalue weighted by molar-refractivity contribution is 7.65. The summed E-state index contributed by atoms with van der Waals surface area (Å²) >= 11 is 0. The first-order valence-electron chi connectivity index (χ1n) is 6.91. The second-order valence-corrected chi connectivity index (χ2v) is 7.26. The van der Waals surface area contributed by atoms with Crippen LogP contribution in [0.15, 0.2) is 6.20 Å². The van der Waals surface area contributed by atoms with Crippen LogP contribution >= 0.6 is 7.37 Å². The van der Waals surface area contributed by atoms with Crippen LogP contribution in [-0.2, 0) is 25.2 Å². The van der Waals surface area contributed by atoms with Crippen molar-refractivity contribution in [2.45, 2.75) is 20.4 Å². The van der Waals surface area contributed by atoms with E-state index in [-0.39, 0.29) is 30.3 Å². The summed E-state index contributed by atoms with van der Waals surface area (Å²) < 4.78 is 18.8. The zero-order valence-electron chi connectivity index (χ0n) is 13.2. The van der Waals surface area contributed by atoms with Gasteiger partial charge in [0.25, 0.3) is 0 Å². The lowest BCUT2D eigenvalue weighted by Crippen LogP contribution is -2.38. The van der Waals surface area contributed by atoms with Crippen molar-refractivity contribution in [1.82, 2.24) is 25.6 Å². The molecule has 0 radical (unpaired) electrons. The van der Waals surface area contributed by atoms with E-state index in [1.165, 1.54) is 24.6 Å². The van der Waals surface area contributed by atoms with Gasteiger partial charge in [0, 0.05) is 13.7 Å². The highest BCUT2D eigenvalue weighted by Crippen LogP contribution is 2.39. The van der Waals surface area contributed by atoms with Crippen LogP contribution in [0.5, 0.6) is 0 Å². The first-order chi connectivity index (χ1) is 10.3. The number of aromatic nitrogens is 3. The average molecular weight is 331 g/mol. The van der Waals surface area contributed by atoms with E-state index in [4.69, 9.17) is 4.52 Å². The third-order valence-electron chi connectivity index (χ3n) is 2.93. The minimum absolute atomic E-state index is 0.0726. The van der Waals surface area contributed by atoms with E-state index < -0.39 is 13.3 Å². The van der Waals surface area contributed by atoms with Crippen LogP contribution in [0.2, 0.25) is 0 Å². The molecule has 0 spiro atoms. The SMILES string of the molecule is CCOP(C)(=O)c1cn(C[C@H](C)C(=O)NCC(=O)NC)nn1. The molecule has 10 heteroatoms. The van der Waals surface area contributed by atoms with E-state index >= 15 is 0 Å². The molecule has 0 fully saturated rings. The van der Waals surface area contributed by atoms with Crippen LogP contribution in [0.25, 0.3) is 0 Å². The smallest absolute Gasteiger partial charge is 0.250 e. The highest BCUT2D eigenvalue weighted by Gasteiger charge is 2.23.